The van der Waals surface area contributed by atoms with E-state index in [0.29, 0.717) is 18.0 Å². The summed E-state index contributed by atoms with van der Waals surface area (Å²) in [6, 6.07) is 0.524. The molecule has 0 spiro atoms. The van der Waals surface area contributed by atoms with Gasteiger partial charge in [-0.1, -0.05) is 20.3 Å². The maximum absolute atomic E-state index is 11.5. The van der Waals surface area contributed by atoms with Crippen LogP contribution in [0, 0.1) is 10.8 Å². The zero-order chi connectivity index (χ0) is 12.4. The number of methoxy groups -OCH3 is 1. The fraction of sp³-hybridized carbons (Fsp3) is 0.923. The second kappa shape index (κ2) is 4.74. The average molecular weight is 227 g/mol. The predicted molar refractivity (Wildman–Crippen MR) is 65.2 cm³/mol. The van der Waals surface area contributed by atoms with Gasteiger partial charge >= 0.3 is 5.97 Å². The van der Waals surface area contributed by atoms with Crippen LogP contribution in [0.5, 0.6) is 0 Å². The van der Waals surface area contributed by atoms with Gasteiger partial charge in [-0.05, 0) is 32.1 Å². The van der Waals surface area contributed by atoms with Crippen molar-refractivity contribution >= 4 is 5.97 Å². The van der Waals surface area contributed by atoms with Crippen LogP contribution < -0.4 is 5.32 Å². The van der Waals surface area contributed by atoms with Crippen molar-refractivity contribution < 1.29 is 9.53 Å². The highest BCUT2D eigenvalue weighted by atomic mass is 16.5. The smallest absolute Gasteiger partial charge is 0.312 e. The summed E-state index contributed by atoms with van der Waals surface area (Å²) < 4.78 is 4.80. The summed E-state index contributed by atoms with van der Waals surface area (Å²) in [7, 11) is 1.45. The summed E-state index contributed by atoms with van der Waals surface area (Å²) in [5, 5.41) is 3.53. The molecule has 16 heavy (non-hydrogen) atoms. The van der Waals surface area contributed by atoms with Crippen molar-refractivity contribution in [2.75, 3.05) is 13.7 Å². The van der Waals surface area contributed by atoms with Gasteiger partial charge in [-0.3, -0.25) is 4.79 Å². The third-order valence-electron chi connectivity index (χ3n) is 3.79. The quantitative estimate of drug-likeness (QED) is 0.749. The second-order valence-electron chi connectivity index (χ2n) is 6.19. The first-order valence-electron chi connectivity index (χ1n) is 6.11. The Labute approximate surface area is 98.9 Å². The molecule has 94 valence electrons. The molecular weight excluding hydrogens is 202 g/mol. The zero-order valence-corrected chi connectivity index (χ0v) is 11.2. The van der Waals surface area contributed by atoms with Gasteiger partial charge in [0.1, 0.15) is 0 Å². The summed E-state index contributed by atoms with van der Waals surface area (Å²) in [6.07, 6.45) is 3.76. The van der Waals surface area contributed by atoms with E-state index in [0.717, 1.165) is 0 Å². The molecule has 3 nitrogen and oxygen atoms in total. The molecule has 1 saturated carbocycles. The Balaban J connectivity index is 2.48. The van der Waals surface area contributed by atoms with Gasteiger partial charge in [0.2, 0.25) is 0 Å². The van der Waals surface area contributed by atoms with E-state index in [1.54, 1.807) is 0 Å². The van der Waals surface area contributed by atoms with Gasteiger partial charge < -0.3 is 10.1 Å². The van der Waals surface area contributed by atoms with Crippen molar-refractivity contribution in [1.82, 2.24) is 5.32 Å². The molecule has 1 unspecified atom stereocenters. The van der Waals surface area contributed by atoms with Crippen molar-refractivity contribution in [2.24, 2.45) is 10.8 Å². The lowest BCUT2D eigenvalue weighted by atomic mass is 9.86. The van der Waals surface area contributed by atoms with Crippen LogP contribution in [0.15, 0.2) is 0 Å². The molecule has 0 bridgehead atoms. The highest BCUT2D eigenvalue weighted by Crippen LogP contribution is 2.37. The molecular formula is C13H25NO2. The Morgan fingerprint density at radius 2 is 2.12 bits per heavy atom. The van der Waals surface area contributed by atoms with Gasteiger partial charge in [0.25, 0.3) is 0 Å². The fourth-order valence-corrected chi connectivity index (χ4v) is 2.43. The van der Waals surface area contributed by atoms with Crippen LogP contribution in [0.4, 0.5) is 0 Å². The van der Waals surface area contributed by atoms with Gasteiger partial charge in [-0.2, -0.15) is 0 Å². The molecule has 0 amide bonds. The van der Waals surface area contributed by atoms with Crippen molar-refractivity contribution in [1.29, 1.82) is 0 Å². The van der Waals surface area contributed by atoms with Crippen molar-refractivity contribution in [3.05, 3.63) is 0 Å². The maximum Gasteiger partial charge on any atom is 0.312 e. The molecule has 1 aliphatic rings. The van der Waals surface area contributed by atoms with Gasteiger partial charge in [-0.25, -0.2) is 0 Å². The minimum atomic E-state index is -0.437. The third-order valence-corrected chi connectivity index (χ3v) is 3.79. The molecule has 1 aliphatic carbocycles. The fourth-order valence-electron chi connectivity index (χ4n) is 2.43. The van der Waals surface area contributed by atoms with Crippen LogP contribution in [0.3, 0.4) is 0 Å². The molecule has 1 atom stereocenters. The number of ether oxygens (including phenoxy) is 1. The summed E-state index contributed by atoms with van der Waals surface area (Å²) in [5.41, 5.74) is -0.0837. The zero-order valence-electron chi connectivity index (χ0n) is 11.2. The number of hydrogen-bond donors (Lipinski definition) is 1. The van der Waals surface area contributed by atoms with Crippen molar-refractivity contribution in [3.63, 3.8) is 0 Å². The molecule has 0 aromatic heterocycles. The molecule has 0 saturated heterocycles. The summed E-state index contributed by atoms with van der Waals surface area (Å²) in [5.74, 6) is -0.143. The van der Waals surface area contributed by atoms with Gasteiger partial charge in [-0.15, -0.1) is 0 Å². The largest absolute Gasteiger partial charge is 0.469 e. The maximum atomic E-state index is 11.5. The average Bonchev–Trinajstić information content (AvgIpc) is 2.53. The molecule has 0 radical (unpaired) electrons. The van der Waals surface area contributed by atoms with Crippen LogP contribution in [0.2, 0.25) is 0 Å². The van der Waals surface area contributed by atoms with Crippen LogP contribution in [-0.4, -0.2) is 25.7 Å². The highest BCUT2D eigenvalue weighted by Gasteiger charge is 2.36. The van der Waals surface area contributed by atoms with E-state index in [2.05, 4.69) is 19.2 Å². The lowest BCUT2D eigenvalue weighted by Crippen LogP contribution is -2.45. The Morgan fingerprint density at radius 1 is 1.50 bits per heavy atom. The summed E-state index contributed by atoms with van der Waals surface area (Å²) in [6.45, 7) is 9.13. The minimum absolute atomic E-state index is 0.143. The third kappa shape index (κ3) is 2.97. The molecule has 1 rings (SSSR count). The van der Waals surface area contributed by atoms with Crippen LogP contribution in [-0.2, 0) is 9.53 Å². The number of esters is 1. The van der Waals surface area contributed by atoms with E-state index < -0.39 is 5.41 Å². The van der Waals surface area contributed by atoms with E-state index in [1.165, 1.54) is 26.4 Å². The van der Waals surface area contributed by atoms with Gasteiger partial charge in [0, 0.05) is 12.6 Å². The topological polar surface area (TPSA) is 38.3 Å². The van der Waals surface area contributed by atoms with E-state index in [-0.39, 0.29) is 5.97 Å². The van der Waals surface area contributed by atoms with E-state index in [9.17, 15) is 4.79 Å². The van der Waals surface area contributed by atoms with Gasteiger partial charge in [0.05, 0.1) is 12.5 Å². The second-order valence-corrected chi connectivity index (χ2v) is 6.19. The first-order chi connectivity index (χ1) is 7.29. The van der Waals surface area contributed by atoms with Crippen molar-refractivity contribution in [2.45, 2.75) is 53.0 Å². The molecule has 0 aromatic carbocycles. The first kappa shape index (κ1) is 13.5. The van der Waals surface area contributed by atoms with E-state index >= 15 is 0 Å². The van der Waals surface area contributed by atoms with E-state index in [4.69, 9.17) is 4.74 Å². The Morgan fingerprint density at radius 3 is 2.56 bits per heavy atom. The van der Waals surface area contributed by atoms with Crippen molar-refractivity contribution in [3.8, 4) is 0 Å². The highest BCUT2D eigenvalue weighted by molar-refractivity contribution is 5.76. The monoisotopic (exact) mass is 227 g/mol. The van der Waals surface area contributed by atoms with Crippen LogP contribution in [0.1, 0.15) is 47.0 Å². The normalized spacial score (nSPS) is 24.4. The number of carbonyl (C=O) groups excluding carboxylic acids is 1. The number of carbonyl (C=O) groups is 1. The Kier molecular flexibility index (Phi) is 4.00. The standard InChI is InChI=1S/C13H25NO2/c1-12(2)8-6-7-10(12)14-9-13(3,4)11(15)16-5/h10,14H,6-9H2,1-5H3. The molecule has 1 N–H and O–H groups in total. The Hall–Kier alpha value is -0.570. The van der Waals surface area contributed by atoms with E-state index in [1.807, 2.05) is 13.8 Å². The van der Waals surface area contributed by atoms with Gasteiger partial charge in [0.15, 0.2) is 0 Å². The molecule has 0 aliphatic heterocycles. The SMILES string of the molecule is COC(=O)C(C)(C)CNC1CCCC1(C)C. The summed E-state index contributed by atoms with van der Waals surface area (Å²) in [4.78, 5) is 11.5. The summed E-state index contributed by atoms with van der Waals surface area (Å²) >= 11 is 0. The number of rotatable bonds is 4. The number of hydrogen-bond acceptors (Lipinski definition) is 3. The minimum Gasteiger partial charge on any atom is -0.469 e. The molecule has 3 heteroatoms. The molecule has 0 aromatic rings. The van der Waals surface area contributed by atoms with Crippen LogP contribution in [0.25, 0.3) is 0 Å². The van der Waals surface area contributed by atoms with Crippen LogP contribution >= 0.6 is 0 Å². The molecule has 0 heterocycles. The number of nitrogens with one attached hydrogen (secondary N) is 1. The lowest BCUT2D eigenvalue weighted by molar-refractivity contribution is -0.150. The lowest BCUT2D eigenvalue weighted by Gasteiger charge is -2.31. The first-order valence-corrected chi connectivity index (χ1v) is 6.11. The predicted octanol–water partition coefficient (Wildman–Crippen LogP) is 2.35. The Bertz CT molecular complexity index is 259. The molecule has 1 fully saturated rings.